The fourth-order valence-electron chi connectivity index (χ4n) is 3.54. The molecule has 0 fully saturated rings. The molecule has 27 heavy (non-hydrogen) atoms. The molecule has 0 saturated heterocycles. The van der Waals surface area contributed by atoms with Gasteiger partial charge in [0.1, 0.15) is 6.33 Å². The SMILES string of the molecule is CCC(CC)c1cc(C)nc2c(-c3cnc(-c4ncnn4C)s3)c(C)nn12. The summed E-state index contributed by atoms with van der Waals surface area (Å²) in [5.41, 5.74) is 5.17. The second-order valence-electron chi connectivity index (χ2n) is 6.77. The Morgan fingerprint density at radius 3 is 2.59 bits per heavy atom. The molecule has 0 N–H and O–H groups in total. The van der Waals surface area contributed by atoms with Crippen LogP contribution >= 0.6 is 11.3 Å². The standard InChI is InChI=1S/C19H23N7S/c1-6-13(7-2)14-8-11(3)23-17-16(12(4)24-26(14)17)15-9-20-19(27-15)18-21-10-22-25(18)5/h8-10,13H,6-7H2,1-5H3. The number of fused-ring (bicyclic) bond motifs is 1. The first kappa shape index (κ1) is 17.8. The highest BCUT2D eigenvalue weighted by atomic mass is 32.1. The molecule has 8 heteroatoms. The summed E-state index contributed by atoms with van der Waals surface area (Å²) in [6.45, 7) is 8.54. The van der Waals surface area contributed by atoms with E-state index in [1.54, 1.807) is 22.3 Å². The predicted octanol–water partition coefficient (Wildman–Crippen LogP) is 4.17. The Morgan fingerprint density at radius 2 is 1.93 bits per heavy atom. The van der Waals surface area contributed by atoms with Crippen molar-refractivity contribution in [2.24, 2.45) is 7.05 Å². The van der Waals surface area contributed by atoms with E-state index in [1.165, 1.54) is 5.69 Å². The van der Waals surface area contributed by atoms with Crippen LogP contribution in [0.5, 0.6) is 0 Å². The molecule has 4 rings (SSSR count). The van der Waals surface area contributed by atoms with Gasteiger partial charge in [-0.05, 0) is 32.8 Å². The number of aromatic nitrogens is 7. The minimum Gasteiger partial charge on any atom is -0.247 e. The average Bonchev–Trinajstić information content (AvgIpc) is 3.34. The molecule has 4 heterocycles. The summed E-state index contributed by atoms with van der Waals surface area (Å²) < 4.78 is 3.76. The summed E-state index contributed by atoms with van der Waals surface area (Å²) in [6, 6.07) is 2.17. The molecule has 0 amide bonds. The Labute approximate surface area is 162 Å². The van der Waals surface area contributed by atoms with Crippen LogP contribution in [0.1, 0.15) is 49.7 Å². The van der Waals surface area contributed by atoms with Crippen molar-refractivity contribution >= 4 is 17.0 Å². The van der Waals surface area contributed by atoms with Crippen LogP contribution in [-0.4, -0.2) is 34.3 Å². The molecule has 0 aliphatic rings. The lowest BCUT2D eigenvalue weighted by atomic mass is 9.98. The van der Waals surface area contributed by atoms with Crippen molar-refractivity contribution in [3.8, 4) is 21.3 Å². The second-order valence-corrected chi connectivity index (χ2v) is 7.80. The molecule has 0 aliphatic carbocycles. The van der Waals surface area contributed by atoms with Crippen LogP contribution < -0.4 is 0 Å². The summed E-state index contributed by atoms with van der Waals surface area (Å²) in [7, 11) is 1.87. The minimum absolute atomic E-state index is 0.469. The number of rotatable bonds is 5. The Morgan fingerprint density at radius 1 is 1.15 bits per heavy atom. The van der Waals surface area contributed by atoms with Crippen molar-refractivity contribution in [2.75, 3.05) is 0 Å². The Kier molecular flexibility index (Phi) is 4.51. The molecule has 0 aromatic carbocycles. The van der Waals surface area contributed by atoms with E-state index in [2.05, 4.69) is 41.9 Å². The number of hydrogen-bond donors (Lipinski definition) is 0. The molecule has 4 aromatic heterocycles. The molecule has 0 spiro atoms. The van der Waals surface area contributed by atoms with Crippen molar-refractivity contribution in [1.29, 1.82) is 0 Å². The van der Waals surface area contributed by atoms with Crippen LogP contribution in [0.4, 0.5) is 0 Å². The lowest BCUT2D eigenvalue weighted by molar-refractivity contribution is 0.598. The molecular weight excluding hydrogens is 358 g/mol. The fraction of sp³-hybridized carbons (Fsp3) is 0.421. The van der Waals surface area contributed by atoms with E-state index in [1.807, 2.05) is 24.7 Å². The predicted molar refractivity (Wildman–Crippen MR) is 107 cm³/mol. The first-order chi connectivity index (χ1) is 13.0. The molecule has 0 aliphatic heterocycles. The van der Waals surface area contributed by atoms with E-state index >= 15 is 0 Å². The lowest BCUT2D eigenvalue weighted by Crippen LogP contribution is -2.07. The third-order valence-electron chi connectivity index (χ3n) is 4.98. The third-order valence-corrected chi connectivity index (χ3v) is 5.99. The highest BCUT2D eigenvalue weighted by Gasteiger charge is 2.21. The highest BCUT2D eigenvalue weighted by molar-refractivity contribution is 7.18. The van der Waals surface area contributed by atoms with Crippen molar-refractivity contribution in [1.82, 2.24) is 34.3 Å². The Bertz CT molecular complexity index is 1100. The maximum absolute atomic E-state index is 4.84. The molecule has 0 bridgehead atoms. The molecule has 0 atom stereocenters. The van der Waals surface area contributed by atoms with Gasteiger partial charge in [0.25, 0.3) is 0 Å². The van der Waals surface area contributed by atoms with Gasteiger partial charge in [-0.25, -0.2) is 24.1 Å². The van der Waals surface area contributed by atoms with Gasteiger partial charge in [-0.2, -0.15) is 10.2 Å². The second kappa shape index (κ2) is 6.84. The number of thiazole rings is 1. The number of nitrogens with zero attached hydrogens (tertiary/aromatic N) is 7. The van der Waals surface area contributed by atoms with Gasteiger partial charge in [-0.15, -0.1) is 11.3 Å². The summed E-state index contributed by atoms with van der Waals surface area (Å²) in [6.07, 6.45) is 5.60. The first-order valence-electron chi connectivity index (χ1n) is 9.20. The van der Waals surface area contributed by atoms with Gasteiger partial charge in [0.05, 0.1) is 16.1 Å². The van der Waals surface area contributed by atoms with Gasteiger partial charge in [0.2, 0.25) is 0 Å². The zero-order chi connectivity index (χ0) is 19.1. The van der Waals surface area contributed by atoms with E-state index in [0.29, 0.717) is 5.92 Å². The van der Waals surface area contributed by atoms with Crippen LogP contribution in [-0.2, 0) is 7.05 Å². The van der Waals surface area contributed by atoms with Gasteiger partial charge in [-0.3, -0.25) is 0 Å². The van der Waals surface area contributed by atoms with Crippen molar-refractivity contribution < 1.29 is 0 Å². The van der Waals surface area contributed by atoms with Crippen molar-refractivity contribution in [2.45, 2.75) is 46.5 Å². The van der Waals surface area contributed by atoms with Gasteiger partial charge in [0, 0.05) is 30.6 Å². The largest absolute Gasteiger partial charge is 0.247 e. The summed E-state index contributed by atoms with van der Waals surface area (Å²) in [5.74, 6) is 1.24. The summed E-state index contributed by atoms with van der Waals surface area (Å²) >= 11 is 1.60. The molecule has 7 nitrogen and oxygen atoms in total. The number of aryl methyl sites for hydroxylation is 3. The van der Waals surface area contributed by atoms with E-state index in [-0.39, 0.29) is 0 Å². The molecule has 0 saturated carbocycles. The maximum Gasteiger partial charge on any atom is 0.186 e. The molecule has 0 unspecified atom stereocenters. The van der Waals surface area contributed by atoms with Gasteiger partial charge >= 0.3 is 0 Å². The monoisotopic (exact) mass is 381 g/mol. The average molecular weight is 382 g/mol. The summed E-state index contributed by atoms with van der Waals surface area (Å²) in [4.78, 5) is 14.7. The molecular formula is C19H23N7S. The first-order valence-corrected chi connectivity index (χ1v) is 10.0. The van der Waals surface area contributed by atoms with E-state index in [4.69, 9.17) is 10.1 Å². The van der Waals surface area contributed by atoms with Crippen LogP contribution in [0.3, 0.4) is 0 Å². The maximum atomic E-state index is 4.84. The van der Waals surface area contributed by atoms with Crippen LogP contribution in [0.2, 0.25) is 0 Å². The van der Waals surface area contributed by atoms with Crippen LogP contribution in [0.25, 0.3) is 26.9 Å². The molecule has 0 radical (unpaired) electrons. The Balaban J connectivity index is 1.89. The third kappa shape index (κ3) is 2.93. The van der Waals surface area contributed by atoms with E-state index in [9.17, 15) is 0 Å². The topological polar surface area (TPSA) is 73.8 Å². The normalized spacial score (nSPS) is 11.8. The highest BCUT2D eigenvalue weighted by Crippen LogP contribution is 2.36. The molecule has 4 aromatic rings. The fourth-order valence-corrected chi connectivity index (χ4v) is 4.58. The van der Waals surface area contributed by atoms with Gasteiger partial charge in [0.15, 0.2) is 16.5 Å². The lowest BCUT2D eigenvalue weighted by Gasteiger charge is -2.15. The number of hydrogen-bond acceptors (Lipinski definition) is 6. The smallest absolute Gasteiger partial charge is 0.186 e. The van der Waals surface area contributed by atoms with Crippen molar-refractivity contribution in [3.05, 3.63) is 35.7 Å². The van der Waals surface area contributed by atoms with Gasteiger partial charge < -0.3 is 0 Å². The minimum atomic E-state index is 0.469. The van der Waals surface area contributed by atoms with E-state index < -0.39 is 0 Å². The Hall–Kier alpha value is -2.61. The molecule has 140 valence electrons. The quantitative estimate of drug-likeness (QED) is 0.519. The zero-order valence-electron chi connectivity index (χ0n) is 16.3. The summed E-state index contributed by atoms with van der Waals surface area (Å²) in [5, 5.41) is 9.82. The zero-order valence-corrected chi connectivity index (χ0v) is 17.1. The van der Waals surface area contributed by atoms with E-state index in [0.717, 1.165) is 51.1 Å². The van der Waals surface area contributed by atoms with Crippen LogP contribution in [0, 0.1) is 13.8 Å². The van der Waals surface area contributed by atoms with Gasteiger partial charge in [-0.1, -0.05) is 13.8 Å². The van der Waals surface area contributed by atoms with Crippen LogP contribution in [0.15, 0.2) is 18.6 Å². The van der Waals surface area contributed by atoms with Crippen molar-refractivity contribution in [3.63, 3.8) is 0 Å².